The van der Waals surface area contributed by atoms with Crippen molar-refractivity contribution in [3.63, 3.8) is 0 Å². The third kappa shape index (κ3) is 13.7. The summed E-state index contributed by atoms with van der Waals surface area (Å²) < 4.78 is 5.32. The van der Waals surface area contributed by atoms with Crippen LogP contribution < -0.4 is 4.74 Å². The summed E-state index contributed by atoms with van der Waals surface area (Å²) in [5, 5.41) is 36.1. The summed E-state index contributed by atoms with van der Waals surface area (Å²) in [6, 6.07) is 8.69. The van der Waals surface area contributed by atoms with Gasteiger partial charge in [0.1, 0.15) is 11.9 Å². The molecule has 1 rings (SSSR count). The molecule has 1 aromatic carbocycles. The molecule has 0 saturated carbocycles. The first-order valence-electron chi connectivity index (χ1n) is 10.4. The second kappa shape index (κ2) is 16.8. The summed E-state index contributed by atoms with van der Waals surface area (Å²) in [6.07, 6.45) is 4.37. The van der Waals surface area contributed by atoms with Crippen molar-refractivity contribution in [3.05, 3.63) is 30.3 Å². The molecule has 7 nitrogen and oxygen atoms in total. The van der Waals surface area contributed by atoms with Crippen molar-refractivity contribution in [2.75, 3.05) is 0 Å². The first kappa shape index (κ1) is 26.9. The third-order valence-electron chi connectivity index (χ3n) is 4.32. The van der Waals surface area contributed by atoms with Gasteiger partial charge in [-0.1, -0.05) is 77.0 Å². The molecule has 0 aliphatic rings. The average Bonchev–Trinajstić information content (AvgIpc) is 2.70. The molecule has 0 aliphatic carbocycles. The quantitative estimate of drug-likeness (QED) is 0.342. The van der Waals surface area contributed by atoms with Crippen LogP contribution in [-0.2, 0) is 9.59 Å². The fraction of sp³-hybridized carbons (Fsp3) is 0.636. The van der Waals surface area contributed by atoms with Gasteiger partial charge in [0.25, 0.3) is 0 Å². The van der Waals surface area contributed by atoms with E-state index in [9.17, 15) is 14.7 Å². The van der Waals surface area contributed by atoms with E-state index in [2.05, 4.69) is 13.8 Å². The predicted octanol–water partition coefficient (Wildman–Crippen LogP) is 3.86. The van der Waals surface area contributed by atoms with Crippen molar-refractivity contribution in [2.24, 2.45) is 0 Å². The van der Waals surface area contributed by atoms with Crippen molar-refractivity contribution in [3.8, 4) is 5.75 Å². The smallest absolute Gasteiger partial charge is 0.347 e. The summed E-state index contributed by atoms with van der Waals surface area (Å²) in [4.78, 5) is 21.2. The highest BCUT2D eigenvalue weighted by Crippen LogP contribution is 2.16. The first-order chi connectivity index (χ1) is 13.8. The molecule has 3 unspecified atom stereocenters. The molecule has 0 amide bonds. The molecule has 0 spiro atoms. The summed E-state index contributed by atoms with van der Waals surface area (Å²) in [6.45, 7) is 4.15. The van der Waals surface area contributed by atoms with E-state index in [1.807, 2.05) is 6.07 Å². The number of unbranched alkanes of at least 4 members (excludes halogenated alkanes) is 5. The van der Waals surface area contributed by atoms with E-state index in [0.717, 1.165) is 44.9 Å². The maximum atomic E-state index is 11.1. The molecule has 0 fully saturated rings. The number of aliphatic hydroxyl groups excluding tert-OH is 2. The van der Waals surface area contributed by atoms with Crippen molar-refractivity contribution < 1.29 is 34.8 Å². The Labute approximate surface area is 173 Å². The van der Waals surface area contributed by atoms with E-state index in [1.165, 1.54) is 0 Å². The maximum Gasteiger partial charge on any atom is 0.347 e. The molecule has 1 aromatic rings. The minimum atomic E-state index is -1.20. The number of aliphatic hydroxyl groups is 2. The van der Waals surface area contributed by atoms with Crippen LogP contribution >= 0.6 is 0 Å². The van der Waals surface area contributed by atoms with Crippen LogP contribution in [0, 0.1) is 0 Å². The second-order valence-corrected chi connectivity index (χ2v) is 6.96. The monoisotopic (exact) mass is 412 g/mol. The molecule has 3 atom stereocenters. The van der Waals surface area contributed by atoms with Gasteiger partial charge in [0.05, 0.1) is 0 Å². The highest BCUT2D eigenvalue weighted by Gasteiger charge is 2.28. The number of ether oxygens (including phenoxy) is 1. The number of hydrogen-bond donors (Lipinski definition) is 4. The van der Waals surface area contributed by atoms with Gasteiger partial charge >= 0.3 is 11.9 Å². The number of carbonyl (C=O) groups is 2. The fourth-order valence-electron chi connectivity index (χ4n) is 2.58. The minimum absolute atomic E-state index is 0.384. The summed E-state index contributed by atoms with van der Waals surface area (Å²) in [5.41, 5.74) is 0. The van der Waals surface area contributed by atoms with Crippen LogP contribution in [0.2, 0.25) is 0 Å². The SMILES string of the molecule is CCCCCC(O)C(Oc1ccccc1)C(=O)O.CCCCCCC(O)C(=O)O. The van der Waals surface area contributed by atoms with Gasteiger partial charge in [-0.25, -0.2) is 9.59 Å². The topological polar surface area (TPSA) is 124 Å². The van der Waals surface area contributed by atoms with E-state index >= 15 is 0 Å². The van der Waals surface area contributed by atoms with Crippen LogP contribution in [0.4, 0.5) is 0 Å². The van der Waals surface area contributed by atoms with E-state index < -0.39 is 30.3 Å². The molecule has 0 bridgehead atoms. The largest absolute Gasteiger partial charge is 0.479 e. The maximum absolute atomic E-state index is 11.1. The Morgan fingerprint density at radius 3 is 1.90 bits per heavy atom. The average molecular weight is 413 g/mol. The lowest BCUT2D eigenvalue weighted by Crippen LogP contribution is -2.39. The predicted molar refractivity (Wildman–Crippen MR) is 111 cm³/mol. The Kier molecular flexibility index (Phi) is 15.6. The lowest BCUT2D eigenvalue weighted by molar-refractivity contribution is -0.151. The van der Waals surface area contributed by atoms with Gasteiger partial charge in [-0.15, -0.1) is 0 Å². The highest BCUT2D eigenvalue weighted by molar-refractivity contribution is 5.73. The molecular formula is C22H36O7. The third-order valence-corrected chi connectivity index (χ3v) is 4.32. The van der Waals surface area contributed by atoms with E-state index in [1.54, 1.807) is 24.3 Å². The van der Waals surface area contributed by atoms with E-state index in [4.69, 9.17) is 20.1 Å². The van der Waals surface area contributed by atoms with Gasteiger partial charge in [-0.3, -0.25) is 0 Å². The van der Waals surface area contributed by atoms with Gasteiger partial charge in [0.2, 0.25) is 6.10 Å². The van der Waals surface area contributed by atoms with Crippen LogP contribution in [0.5, 0.6) is 5.75 Å². The van der Waals surface area contributed by atoms with Crippen LogP contribution in [-0.4, -0.2) is 50.7 Å². The van der Waals surface area contributed by atoms with E-state index in [0.29, 0.717) is 18.6 Å². The van der Waals surface area contributed by atoms with Crippen molar-refractivity contribution in [2.45, 2.75) is 89.9 Å². The number of carboxylic acids is 2. The number of benzene rings is 1. The number of hydrogen-bond acceptors (Lipinski definition) is 5. The van der Waals surface area contributed by atoms with Crippen molar-refractivity contribution >= 4 is 11.9 Å². The zero-order valence-electron chi connectivity index (χ0n) is 17.5. The fourth-order valence-corrected chi connectivity index (χ4v) is 2.58. The normalized spacial score (nSPS) is 13.5. The molecule has 4 N–H and O–H groups in total. The van der Waals surface area contributed by atoms with Gasteiger partial charge in [0, 0.05) is 0 Å². The zero-order valence-corrected chi connectivity index (χ0v) is 17.5. The van der Waals surface area contributed by atoms with Gasteiger partial charge in [0.15, 0.2) is 6.10 Å². The van der Waals surface area contributed by atoms with Gasteiger partial charge in [-0.05, 0) is 25.0 Å². The number of carboxylic acid groups (broad SMARTS) is 2. The van der Waals surface area contributed by atoms with E-state index in [-0.39, 0.29) is 0 Å². The standard InChI is InChI=1S/C14H20O4.C8H16O3/c1-2-3-5-10-12(15)13(14(16)17)18-11-8-6-4-7-9-11;1-2-3-4-5-6-7(9)8(10)11/h4,6-9,12-13,15H,2-3,5,10H2,1H3,(H,16,17);7,9H,2-6H2,1H3,(H,10,11). The Hall–Kier alpha value is -2.12. The molecular weight excluding hydrogens is 376 g/mol. The van der Waals surface area contributed by atoms with Crippen LogP contribution in [0.1, 0.15) is 71.6 Å². The molecule has 0 saturated heterocycles. The van der Waals surface area contributed by atoms with Crippen molar-refractivity contribution in [1.82, 2.24) is 0 Å². The summed E-state index contributed by atoms with van der Waals surface area (Å²) in [7, 11) is 0. The molecule has 0 aromatic heterocycles. The molecule has 0 aliphatic heterocycles. The molecule has 0 radical (unpaired) electrons. The number of rotatable bonds is 14. The Balaban J connectivity index is 0.000000614. The Morgan fingerprint density at radius 2 is 1.38 bits per heavy atom. The lowest BCUT2D eigenvalue weighted by Gasteiger charge is -2.20. The molecule has 29 heavy (non-hydrogen) atoms. The lowest BCUT2D eigenvalue weighted by atomic mass is 10.1. The van der Waals surface area contributed by atoms with Crippen LogP contribution in [0.25, 0.3) is 0 Å². The highest BCUT2D eigenvalue weighted by atomic mass is 16.5. The summed E-state index contributed by atoms with van der Waals surface area (Å²) >= 11 is 0. The van der Waals surface area contributed by atoms with Gasteiger partial charge < -0.3 is 25.2 Å². The first-order valence-corrected chi connectivity index (χ1v) is 10.4. The van der Waals surface area contributed by atoms with Crippen LogP contribution in [0.15, 0.2) is 30.3 Å². The van der Waals surface area contributed by atoms with Crippen molar-refractivity contribution in [1.29, 1.82) is 0 Å². The van der Waals surface area contributed by atoms with Gasteiger partial charge in [-0.2, -0.15) is 0 Å². The summed E-state index contributed by atoms with van der Waals surface area (Å²) in [5.74, 6) is -1.79. The zero-order chi connectivity index (χ0) is 22.1. The molecule has 166 valence electrons. The second-order valence-electron chi connectivity index (χ2n) is 6.96. The van der Waals surface area contributed by atoms with Crippen LogP contribution in [0.3, 0.4) is 0 Å². The Bertz CT molecular complexity index is 547. The minimum Gasteiger partial charge on any atom is -0.479 e. The molecule has 0 heterocycles. The Morgan fingerprint density at radius 1 is 0.828 bits per heavy atom. The molecule has 7 heteroatoms. The number of para-hydroxylation sites is 1. The number of aliphatic carboxylic acids is 2.